The third-order valence-corrected chi connectivity index (χ3v) is 5.71. The highest BCUT2D eigenvalue weighted by atomic mass is 32.1. The number of amides is 1. The van der Waals surface area contributed by atoms with Gasteiger partial charge in [-0.25, -0.2) is 4.39 Å². The zero-order chi connectivity index (χ0) is 17.3. The molecule has 6 heteroatoms. The van der Waals surface area contributed by atoms with Crippen LogP contribution in [0, 0.1) is 5.82 Å². The Hall–Kier alpha value is -1.76. The Bertz CT molecular complexity index is 752. The number of likely N-dealkylation sites (tertiary alicyclic amines) is 1. The minimum absolute atomic E-state index is 0.0583. The molecule has 25 heavy (non-hydrogen) atoms. The lowest BCUT2D eigenvalue weighted by atomic mass is 9.90. The van der Waals surface area contributed by atoms with Gasteiger partial charge in [0.05, 0.1) is 12.1 Å². The van der Waals surface area contributed by atoms with Gasteiger partial charge in [-0.3, -0.25) is 9.69 Å². The maximum Gasteiger partial charge on any atom is 0.253 e. The third-order valence-electron chi connectivity index (χ3n) is 4.97. The number of hydrogen-bond donors (Lipinski definition) is 0. The molecule has 0 radical (unpaired) electrons. The normalized spacial score (nSPS) is 24.8. The van der Waals surface area contributed by atoms with Crippen LogP contribution in [0.4, 0.5) is 10.1 Å². The minimum Gasteiger partial charge on any atom is -0.362 e. The fourth-order valence-electron chi connectivity index (χ4n) is 3.81. The van der Waals surface area contributed by atoms with Crippen molar-refractivity contribution in [2.24, 2.45) is 0 Å². The summed E-state index contributed by atoms with van der Waals surface area (Å²) in [5.74, 6) is -0.431. The fraction of sp³-hybridized carbons (Fsp3) is 0.421. The molecule has 2 fully saturated rings. The number of carbonyl (C=O) groups excluding carboxylic acids is 1. The van der Waals surface area contributed by atoms with Crippen molar-refractivity contribution in [3.63, 3.8) is 0 Å². The molecule has 1 aromatic carbocycles. The van der Waals surface area contributed by atoms with Crippen LogP contribution in [0.3, 0.4) is 0 Å². The summed E-state index contributed by atoms with van der Waals surface area (Å²) in [6.45, 7) is 3.28. The number of morpholine rings is 1. The second-order valence-electron chi connectivity index (χ2n) is 6.88. The number of thiophene rings is 1. The summed E-state index contributed by atoms with van der Waals surface area (Å²) in [6, 6.07) is 8.39. The van der Waals surface area contributed by atoms with E-state index in [0.717, 1.165) is 32.5 Å². The fourth-order valence-corrected chi connectivity index (χ4v) is 4.47. The Morgan fingerprint density at radius 3 is 3.00 bits per heavy atom. The van der Waals surface area contributed by atoms with Gasteiger partial charge < -0.3 is 9.64 Å². The van der Waals surface area contributed by atoms with Crippen molar-refractivity contribution >= 4 is 22.9 Å². The number of hydrogen-bond acceptors (Lipinski definition) is 4. The molecule has 2 aromatic rings. The number of nitrogens with zero attached hydrogens (tertiary/aromatic N) is 2. The van der Waals surface area contributed by atoms with E-state index in [4.69, 9.17) is 4.74 Å². The van der Waals surface area contributed by atoms with Gasteiger partial charge in [0.1, 0.15) is 12.4 Å². The van der Waals surface area contributed by atoms with Crippen molar-refractivity contribution in [3.05, 3.63) is 52.5 Å². The van der Waals surface area contributed by atoms with Crippen molar-refractivity contribution in [2.45, 2.75) is 25.0 Å². The van der Waals surface area contributed by atoms with E-state index in [1.54, 1.807) is 28.4 Å². The van der Waals surface area contributed by atoms with E-state index in [0.29, 0.717) is 12.2 Å². The molecule has 2 saturated heterocycles. The predicted molar refractivity (Wildman–Crippen MR) is 96.3 cm³/mol. The van der Waals surface area contributed by atoms with Crippen LogP contribution in [0.1, 0.15) is 18.4 Å². The van der Waals surface area contributed by atoms with E-state index in [1.807, 2.05) is 0 Å². The molecule has 2 aliphatic heterocycles. The van der Waals surface area contributed by atoms with E-state index < -0.39 is 0 Å². The SMILES string of the molecule is O=C1COC2(CCCN(Cc3ccsc3)C2)CN1c1cccc(F)c1. The standard InChI is InChI=1S/C19H21FN2O2S/c20-16-3-1-4-17(9-16)22-14-19(24-11-18(22)23)6-2-7-21(13-19)10-15-5-8-25-12-15/h1,3-5,8-9,12H,2,6-7,10-11,13-14H2. The Kier molecular flexibility index (Phi) is 4.58. The van der Waals surface area contributed by atoms with Crippen LogP contribution in [-0.4, -0.2) is 42.6 Å². The van der Waals surface area contributed by atoms with E-state index >= 15 is 0 Å². The van der Waals surface area contributed by atoms with E-state index in [1.165, 1.54) is 17.7 Å². The topological polar surface area (TPSA) is 32.8 Å². The lowest BCUT2D eigenvalue weighted by molar-refractivity contribution is -0.146. The van der Waals surface area contributed by atoms with Crippen LogP contribution in [-0.2, 0) is 16.1 Å². The van der Waals surface area contributed by atoms with Crippen LogP contribution < -0.4 is 4.90 Å². The first-order valence-electron chi connectivity index (χ1n) is 8.57. The zero-order valence-corrected chi connectivity index (χ0v) is 14.8. The molecule has 0 bridgehead atoms. The first kappa shape index (κ1) is 16.7. The molecule has 0 saturated carbocycles. The maximum absolute atomic E-state index is 13.6. The molecule has 2 aliphatic rings. The average Bonchev–Trinajstić information content (AvgIpc) is 3.11. The van der Waals surface area contributed by atoms with Crippen molar-refractivity contribution in [3.8, 4) is 0 Å². The summed E-state index contributed by atoms with van der Waals surface area (Å²) in [7, 11) is 0. The van der Waals surface area contributed by atoms with Crippen LogP contribution in [0.2, 0.25) is 0 Å². The monoisotopic (exact) mass is 360 g/mol. The molecule has 132 valence electrons. The number of carbonyl (C=O) groups is 1. The Balaban J connectivity index is 1.51. The molecule has 1 atom stereocenters. The van der Waals surface area contributed by atoms with Crippen LogP contribution in [0.5, 0.6) is 0 Å². The number of ether oxygens (including phenoxy) is 1. The van der Waals surface area contributed by atoms with Crippen molar-refractivity contribution in [1.29, 1.82) is 0 Å². The highest BCUT2D eigenvalue weighted by molar-refractivity contribution is 7.07. The summed E-state index contributed by atoms with van der Waals surface area (Å²) >= 11 is 1.71. The van der Waals surface area contributed by atoms with Gasteiger partial charge in [0.2, 0.25) is 0 Å². The van der Waals surface area contributed by atoms with Crippen molar-refractivity contribution in [2.75, 3.05) is 31.1 Å². The maximum atomic E-state index is 13.6. The average molecular weight is 360 g/mol. The van der Waals surface area contributed by atoms with E-state index in [-0.39, 0.29) is 23.9 Å². The van der Waals surface area contributed by atoms with Gasteiger partial charge >= 0.3 is 0 Å². The zero-order valence-electron chi connectivity index (χ0n) is 14.0. The molecule has 1 amide bonds. The van der Waals surface area contributed by atoms with E-state index in [2.05, 4.69) is 21.7 Å². The quantitative estimate of drug-likeness (QED) is 0.842. The Morgan fingerprint density at radius 2 is 2.20 bits per heavy atom. The minimum atomic E-state index is -0.367. The van der Waals surface area contributed by atoms with Gasteiger partial charge in [-0.2, -0.15) is 11.3 Å². The summed E-state index contributed by atoms with van der Waals surface area (Å²) in [6.07, 6.45) is 1.96. The van der Waals surface area contributed by atoms with Gasteiger partial charge in [0, 0.05) is 18.8 Å². The second kappa shape index (κ2) is 6.86. The number of anilines is 1. The van der Waals surface area contributed by atoms with Gasteiger partial charge in [-0.15, -0.1) is 0 Å². The third kappa shape index (κ3) is 3.61. The first-order valence-corrected chi connectivity index (χ1v) is 9.51. The smallest absolute Gasteiger partial charge is 0.253 e. The first-order chi connectivity index (χ1) is 12.1. The molecule has 1 unspecified atom stereocenters. The molecular weight excluding hydrogens is 339 g/mol. The lowest BCUT2D eigenvalue weighted by Crippen LogP contribution is -2.61. The Labute approximate surface area is 150 Å². The number of rotatable bonds is 3. The van der Waals surface area contributed by atoms with Gasteiger partial charge in [-0.1, -0.05) is 6.07 Å². The lowest BCUT2D eigenvalue weighted by Gasteiger charge is -2.47. The number of piperidine rings is 1. The van der Waals surface area contributed by atoms with Crippen molar-refractivity contribution in [1.82, 2.24) is 4.90 Å². The van der Waals surface area contributed by atoms with Gasteiger partial charge in [0.25, 0.3) is 5.91 Å². The Morgan fingerprint density at radius 1 is 1.28 bits per heavy atom. The molecular formula is C19H21FN2O2S. The molecule has 4 nitrogen and oxygen atoms in total. The molecule has 3 heterocycles. The number of halogens is 1. The van der Waals surface area contributed by atoms with Crippen molar-refractivity contribution < 1.29 is 13.9 Å². The van der Waals surface area contributed by atoms with E-state index in [9.17, 15) is 9.18 Å². The molecule has 1 spiro atoms. The largest absolute Gasteiger partial charge is 0.362 e. The number of benzene rings is 1. The molecule has 4 rings (SSSR count). The van der Waals surface area contributed by atoms with Crippen LogP contribution in [0.15, 0.2) is 41.1 Å². The summed E-state index contributed by atoms with van der Waals surface area (Å²) in [4.78, 5) is 16.4. The highest BCUT2D eigenvalue weighted by Gasteiger charge is 2.43. The summed E-state index contributed by atoms with van der Waals surface area (Å²) in [5, 5.41) is 4.27. The molecule has 1 aromatic heterocycles. The van der Waals surface area contributed by atoms with Crippen LogP contribution >= 0.6 is 11.3 Å². The predicted octanol–water partition coefficient (Wildman–Crippen LogP) is 3.29. The molecule has 0 aliphatic carbocycles. The van der Waals surface area contributed by atoms with Gasteiger partial charge in [-0.05, 0) is 60.0 Å². The summed E-state index contributed by atoms with van der Waals surface area (Å²) in [5.41, 5.74) is 1.56. The van der Waals surface area contributed by atoms with Gasteiger partial charge in [0.15, 0.2) is 0 Å². The molecule has 0 N–H and O–H groups in total. The summed E-state index contributed by atoms with van der Waals surface area (Å²) < 4.78 is 19.6. The highest BCUT2D eigenvalue weighted by Crippen LogP contribution is 2.32. The van der Waals surface area contributed by atoms with Crippen LogP contribution in [0.25, 0.3) is 0 Å². The second-order valence-corrected chi connectivity index (χ2v) is 7.66.